The lowest BCUT2D eigenvalue weighted by Gasteiger charge is -2.26. The molecule has 0 saturated carbocycles. The lowest BCUT2D eigenvalue weighted by atomic mass is 10.3. The highest BCUT2D eigenvalue weighted by Crippen LogP contribution is 2.12. The predicted molar refractivity (Wildman–Crippen MR) is 64.8 cm³/mol. The van der Waals surface area contributed by atoms with Gasteiger partial charge in [-0.2, -0.15) is 4.98 Å². The molecule has 0 bridgehead atoms. The van der Waals surface area contributed by atoms with Crippen molar-refractivity contribution >= 4 is 11.2 Å². The first kappa shape index (κ1) is 10.7. The summed E-state index contributed by atoms with van der Waals surface area (Å²) >= 11 is 0. The number of oxazole rings is 1. The summed E-state index contributed by atoms with van der Waals surface area (Å²) in [6, 6.07) is 3.78. The maximum atomic E-state index is 5.64. The Kier molecular flexibility index (Phi) is 3.02. The highest BCUT2D eigenvalue weighted by molar-refractivity contribution is 5.66. The zero-order valence-electron chi connectivity index (χ0n) is 9.72. The van der Waals surface area contributed by atoms with Crippen LogP contribution in [0.2, 0.25) is 0 Å². The van der Waals surface area contributed by atoms with Crippen LogP contribution in [0.25, 0.3) is 11.2 Å². The zero-order valence-corrected chi connectivity index (χ0v) is 9.72. The third-order valence-corrected chi connectivity index (χ3v) is 3.06. The van der Waals surface area contributed by atoms with Gasteiger partial charge in [0.2, 0.25) is 0 Å². The maximum absolute atomic E-state index is 5.64. The monoisotopic (exact) mass is 232 g/mol. The van der Waals surface area contributed by atoms with Crippen LogP contribution in [0.3, 0.4) is 0 Å². The third kappa shape index (κ3) is 2.45. The van der Waals surface area contributed by atoms with Gasteiger partial charge in [0.15, 0.2) is 17.1 Å². The summed E-state index contributed by atoms with van der Waals surface area (Å²) in [4.78, 5) is 11.0. The summed E-state index contributed by atoms with van der Waals surface area (Å²) in [5, 5.41) is 3.34. The molecule has 1 N–H and O–H groups in total. The molecule has 1 aliphatic heterocycles. The molecule has 5 nitrogen and oxygen atoms in total. The minimum absolute atomic E-state index is 0.711. The summed E-state index contributed by atoms with van der Waals surface area (Å²) in [5.74, 6) is 0.789. The predicted octanol–water partition coefficient (Wildman–Crippen LogP) is 0.670. The summed E-state index contributed by atoms with van der Waals surface area (Å²) in [6.45, 7) is 5.38. The summed E-state index contributed by atoms with van der Waals surface area (Å²) < 4.78 is 5.64. The lowest BCUT2D eigenvalue weighted by Crippen LogP contribution is -2.44. The Morgan fingerprint density at radius 3 is 3.06 bits per heavy atom. The highest BCUT2D eigenvalue weighted by Gasteiger charge is 2.11. The van der Waals surface area contributed by atoms with E-state index in [2.05, 4.69) is 20.2 Å². The number of rotatable bonds is 3. The van der Waals surface area contributed by atoms with Gasteiger partial charge in [0.05, 0.1) is 0 Å². The molecule has 0 unspecified atom stereocenters. The van der Waals surface area contributed by atoms with Crippen LogP contribution in [0.15, 0.2) is 22.7 Å². The first-order valence-corrected chi connectivity index (χ1v) is 6.05. The summed E-state index contributed by atoms with van der Waals surface area (Å²) in [5.41, 5.74) is 1.49. The Labute approximate surface area is 99.8 Å². The molecule has 2 aromatic heterocycles. The molecule has 3 rings (SSSR count). The van der Waals surface area contributed by atoms with Gasteiger partial charge in [0, 0.05) is 45.3 Å². The number of nitrogens with zero attached hydrogens (tertiary/aromatic N) is 3. The van der Waals surface area contributed by atoms with Gasteiger partial charge in [-0.3, -0.25) is 0 Å². The normalized spacial score (nSPS) is 17.6. The van der Waals surface area contributed by atoms with Crippen LogP contribution in [0.5, 0.6) is 0 Å². The molecule has 1 aliphatic rings. The second-order valence-electron chi connectivity index (χ2n) is 4.27. The molecule has 3 heterocycles. The van der Waals surface area contributed by atoms with Gasteiger partial charge in [-0.15, -0.1) is 0 Å². The van der Waals surface area contributed by atoms with E-state index in [-0.39, 0.29) is 0 Å². The third-order valence-electron chi connectivity index (χ3n) is 3.06. The molecular weight excluding hydrogens is 216 g/mol. The second-order valence-corrected chi connectivity index (χ2v) is 4.27. The van der Waals surface area contributed by atoms with Crippen molar-refractivity contribution < 1.29 is 4.42 Å². The van der Waals surface area contributed by atoms with Crippen LogP contribution in [0.1, 0.15) is 5.89 Å². The average Bonchev–Trinajstić information content (AvgIpc) is 2.80. The number of aromatic nitrogens is 2. The standard InChI is InChI=1S/C12H16N4O/c1-2-10-12(14-4-1)15-11(17-10)3-7-16-8-5-13-6-9-16/h1-2,4,13H,3,5-9H2. The SMILES string of the molecule is c1cnc2nc(CCN3CCNCC3)oc2c1. The Hall–Kier alpha value is -1.46. The maximum Gasteiger partial charge on any atom is 0.198 e. The van der Waals surface area contributed by atoms with Crippen molar-refractivity contribution in [2.24, 2.45) is 0 Å². The van der Waals surface area contributed by atoms with Crippen molar-refractivity contribution in [3.05, 3.63) is 24.2 Å². The molecule has 0 amide bonds. The molecule has 90 valence electrons. The molecule has 0 aromatic carbocycles. The quantitative estimate of drug-likeness (QED) is 0.843. The molecule has 0 radical (unpaired) electrons. The number of fused-ring (bicyclic) bond motifs is 1. The van der Waals surface area contributed by atoms with Gasteiger partial charge in [-0.1, -0.05) is 0 Å². The minimum atomic E-state index is 0.711. The summed E-state index contributed by atoms with van der Waals surface area (Å²) in [7, 11) is 0. The van der Waals surface area contributed by atoms with Crippen LogP contribution in [0.4, 0.5) is 0 Å². The number of hydrogen-bond donors (Lipinski definition) is 1. The largest absolute Gasteiger partial charge is 0.439 e. The van der Waals surface area contributed by atoms with E-state index in [0.29, 0.717) is 5.65 Å². The Morgan fingerprint density at radius 2 is 2.24 bits per heavy atom. The van der Waals surface area contributed by atoms with Crippen LogP contribution in [-0.2, 0) is 6.42 Å². The van der Waals surface area contributed by atoms with Gasteiger partial charge in [-0.05, 0) is 12.1 Å². The van der Waals surface area contributed by atoms with Crippen LogP contribution < -0.4 is 5.32 Å². The molecular formula is C12H16N4O. The fourth-order valence-corrected chi connectivity index (χ4v) is 2.11. The first-order valence-electron chi connectivity index (χ1n) is 6.05. The Balaban J connectivity index is 1.64. The molecule has 0 spiro atoms. The van der Waals surface area contributed by atoms with Gasteiger partial charge in [0.1, 0.15) is 0 Å². The fourth-order valence-electron chi connectivity index (χ4n) is 2.11. The van der Waals surface area contributed by atoms with E-state index < -0.39 is 0 Å². The average molecular weight is 232 g/mol. The molecule has 0 aliphatic carbocycles. The zero-order chi connectivity index (χ0) is 11.5. The first-order chi connectivity index (χ1) is 8.42. The van der Waals surface area contributed by atoms with Crippen LogP contribution in [0, 0.1) is 0 Å². The van der Waals surface area contributed by atoms with Crippen molar-refractivity contribution in [3.8, 4) is 0 Å². The van der Waals surface area contributed by atoms with Crippen molar-refractivity contribution in [3.63, 3.8) is 0 Å². The smallest absolute Gasteiger partial charge is 0.198 e. The Bertz CT molecular complexity index is 457. The molecule has 1 saturated heterocycles. The van der Waals surface area contributed by atoms with Gasteiger partial charge in [0.25, 0.3) is 0 Å². The van der Waals surface area contributed by atoms with Crippen LogP contribution >= 0.6 is 0 Å². The van der Waals surface area contributed by atoms with Crippen molar-refractivity contribution in [2.75, 3.05) is 32.7 Å². The second kappa shape index (κ2) is 4.81. The summed E-state index contributed by atoms with van der Waals surface area (Å²) in [6.07, 6.45) is 2.60. The van der Waals surface area contributed by atoms with Crippen molar-refractivity contribution in [1.29, 1.82) is 0 Å². The van der Waals surface area contributed by atoms with E-state index in [1.54, 1.807) is 6.20 Å². The topological polar surface area (TPSA) is 54.2 Å². The molecule has 2 aromatic rings. The van der Waals surface area contributed by atoms with E-state index >= 15 is 0 Å². The minimum Gasteiger partial charge on any atom is -0.439 e. The molecule has 5 heteroatoms. The van der Waals surface area contributed by atoms with Gasteiger partial charge in [-0.25, -0.2) is 4.98 Å². The fraction of sp³-hybridized carbons (Fsp3) is 0.500. The van der Waals surface area contributed by atoms with E-state index in [9.17, 15) is 0 Å². The van der Waals surface area contributed by atoms with Crippen LogP contribution in [-0.4, -0.2) is 47.6 Å². The van der Waals surface area contributed by atoms with E-state index in [0.717, 1.165) is 50.6 Å². The van der Waals surface area contributed by atoms with Crippen molar-refractivity contribution in [1.82, 2.24) is 20.2 Å². The Morgan fingerprint density at radius 1 is 1.35 bits per heavy atom. The van der Waals surface area contributed by atoms with E-state index in [1.807, 2.05) is 12.1 Å². The van der Waals surface area contributed by atoms with E-state index in [1.165, 1.54) is 0 Å². The van der Waals surface area contributed by atoms with E-state index in [4.69, 9.17) is 4.42 Å². The van der Waals surface area contributed by atoms with Crippen molar-refractivity contribution in [2.45, 2.75) is 6.42 Å². The lowest BCUT2D eigenvalue weighted by molar-refractivity contribution is 0.238. The molecule has 1 fully saturated rings. The molecule has 17 heavy (non-hydrogen) atoms. The van der Waals surface area contributed by atoms with Gasteiger partial charge >= 0.3 is 0 Å². The number of pyridine rings is 1. The highest BCUT2D eigenvalue weighted by atomic mass is 16.3. The molecule has 0 atom stereocenters. The number of hydrogen-bond acceptors (Lipinski definition) is 5. The van der Waals surface area contributed by atoms with Gasteiger partial charge < -0.3 is 14.6 Å². The number of nitrogens with one attached hydrogen (secondary N) is 1. The number of piperazine rings is 1.